The van der Waals surface area contributed by atoms with Gasteiger partial charge in [0.05, 0.1) is 0 Å². The van der Waals surface area contributed by atoms with E-state index in [1.165, 1.54) is 6.08 Å². The lowest BCUT2D eigenvalue weighted by atomic mass is 10.2. The van der Waals surface area contributed by atoms with Crippen LogP contribution in [-0.4, -0.2) is 25.0 Å². The first kappa shape index (κ1) is 12.6. The highest BCUT2D eigenvalue weighted by atomic mass is 16.1. The Kier molecular flexibility index (Phi) is 8.64. The second-order valence-corrected chi connectivity index (χ2v) is 2.74. The summed E-state index contributed by atoms with van der Waals surface area (Å²) in [4.78, 5) is 30.6. The van der Waals surface area contributed by atoms with Gasteiger partial charge < -0.3 is 5.32 Å². The molecule has 0 bridgehead atoms. The van der Waals surface area contributed by atoms with Crippen molar-refractivity contribution in [1.29, 1.82) is 0 Å². The number of hydrogen-bond donors (Lipinski definition) is 1. The van der Waals surface area contributed by atoms with Crippen molar-refractivity contribution >= 4 is 18.5 Å². The number of nitrogens with one attached hydrogen (secondary N) is 1. The fourth-order valence-corrected chi connectivity index (χ4v) is 0.896. The topological polar surface area (TPSA) is 63.2 Å². The van der Waals surface area contributed by atoms with Crippen molar-refractivity contribution in [2.75, 3.05) is 6.54 Å². The second-order valence-electron chi connectivity index (χ2n) is 2.74. The summed E-state index contributed by atoms with van der Waals surface area (Å²) in [7, 11) is 0. The molecule has 0 saturated carbocycles. The van der Waals surface area contributed by atoms with Gasteiger partial charge in [-0.1, -0.05) is 6.42 Å². The van der Waals surface area contributed by atoms with Crippen LogP contribution in [0.25, 0.3) is 0 Å². The van der Waals surface area contributed by atoms with E-state index in [-0.39, 0.29) is 5.91 Å². The predicted molar refractivity (Wildman–Crippen MR) is 52.4 cm³/mol. The molecule has 1 amide bonds. The van der Waals surface area contributed by atoms with Crippen LogP contribution < -0.4 is 5.32 Å². The van der Waals surface area contributed by atoms with Gasteiger partial charge >= 0.3 is 0 Å². The Labute approximate surface area is 83.4 Å². The Bertz CT molecular complexity index is 211. The maximum Gasteiger partial charge on any atom is 0.244 e. The van der Waals surface area contributed by atoms with E-state index < -0.39 is 0 Å². The normalized spacial score (nSPS) is 10.0. The van der Waals surface area contributed by atoms with Crippen LogP contribution >= 0.6 is 0 Å². The van der Waals surface area contributed by atoms with Crippen molar-refractivity contribution in [3.63, 3.8) is 0 Å². The Hall–Kier alpha value is -1.45. The van der Waals surface area contributed by atoms with Crippen molar-refractivity contribution in [2.45, 2.75) is 25.7 Å². The summed E-state index contributed by atoms with van der Waals surface area (Å²) in [6.45, 7) is 0.570. The number of unbranched alkanes of at least 4 members (excludes halogenated alkanes) is 3. The van der Waals surface area contributed by atoms with E-state index in [9.17, 15) is 14.4 Å². The first-order chi connectivity index (χ1) is 6.81. The van der Waals surface area contributed by atoms with E-state index in [4.69, 9.17) is 0 Å². The molecule has 77 valence electrons. The average molecular weight is 196 g/mol. The number of allylic oxidation sites excluding steroid dienone is 1. The standard InChI is InChI=1S/C10H14NO3/c12-8-4-2-1-3-7-11-10(14)6-5-9-13/h5-6,9H,1-4,7H2,(H,11,14)/b6-5-. The number of hydrogen-bond acceptors (Lipinski definition) is 3. The summed E-state index contributed by atoms with van der Waals surface area (Å²) in [6, 6.07) is 0. The van der Waals surface area contributed by atoms with Crippen molar-refractivity contribution in [1.82, 2.24) is 5.32 Å². The van der Waals surface area contributed by atoms with Gasteiger partial charge in [-0.3, -0.25) is 14.4 Å². The van der Waals surface area contributed by atoms with E-state index in [0.717, 1.165) is 25.3 Å². The molecule has 0 fully saturated rings. The Morgan fingerprint density at radius 3 is 2.71 bits per heavy atom. The second kappa shape index (κ2) is 9.64. The molecule has 0 aromatic heterocycles. The molecule has 1 radical (unpaired) electrons. The molecule has 0 atom stereocenters. The maximum absolute atomic E-state index is 10.9. The maximum atomic E-state index is 10.9. The highest BCUT2D eigenvalue weighted by Crippen LogP contribution is 1.95. The largest absolute Gasteiger partial charge is 0.353 e. The van der Waals surface area contributed by atoms with Crippen LogP contribution in [-0.2, 0) is 14.4 Å². The molecule has 0 aromatic carbocycles. The van der Waals surface area contributed by atoms with Crippen LogP contribution in [0.5, 0.6) is 0 Å². The predicted octanol–water partition coefficient (Wildman–Crippen LogP) is 0.528. The molecule has 0 heterocycles. The third-order valence-electron chi connectivity index (χ3n) is 1.58. The summed E-state index contributed by atoms with van der Waals surface area (Å²) < 4.78 is 0. The molecule has 0 spiro atoms. The fraction of sp³-hybridized carbons (Fsp3) is 0.500. The van der Waals surface area contributed by atoms with Gasteiger partial charge in [-0.05, 0) is 18.9 Å². The van der Waals surface area contributed by atoms with Crippen LogP contribution in [0.1, 0.15) is 25.7 Å². The third-order valence-corrected chi connectivity index (χ3v) is 1.58. The molecule has 4 heteroatoms. The van der Waals surface area contributed by atoms with Gasteiger partial charge in [-0.25, -0.2) is 0 Å². The molecule has 4 nitrogen and oxygen atoms in total. The summed E-state index contributed by atoms with van der Waals surface area (Å²) in [5.41, 5.74) is 0. The molecular weight excluding hydrogens is 182 g/mol. The summed E-state index contributed by atoms with van der Waals surface area (Å²) in [6.07, 6.45) is 7.70. The quantitative estimate of drug-likeness (QED) is 0.350. The smallest absolute Gasteiger partial charge is 0.244 e. The van der Waals surface area contributed by atoms with E-state index in [2.05, 4.69) is 5.32 Å². The monoisotopic (exact) mass is 196 g/mol. The summed E-state index contributed by atoms with van der Waals surface area (Å²) >= 11 is 0. The van der Waals surface area contributed by atoms with Crippen LogP contribution in [0, 0.1) is 0 Å². The molecular formula is C10H14NO3. The van der Waals surface area contributed by atoms with Gasteiger partial charge in [-0.2, -0.15) is 0 Å². The highest BCUT2D eigenvalue weighted by molar-refractivity contribution is 5.90. The number of aldehydes is 1. The molecule has 0 aliphatic heterocycles. The Morgan fingerprint density at radius 2 is 2.07 bits per heavy atom. The number of carbonyl (C=O) groups is 2. The zero-order valence-electron chi connectivity index (χ0n) is 7.99. The van der Waals surface area contributed by atoms with Crippen LogP contribution in [0.2, 0.25) is 0 Å². The first-order valence-electron chi connectivity index (χ1n) is 4.56. The van der Waals surface area contributed by atoms with Crippen LogP contribution in [0.3, 0.4) is 0 Å². The molecule has 1 N–H and O–H groups in total. The molecule has 0 unspecified atom stereocenters. The van der Waals surface area contributed by atoms with Gasteiger partial charge in [0, 0.05) is 19.0 Å². The van der Waals surface area contributed by atoms with Crippen molar-refractivity contribution in [2.24, 2.45) is 0 Å². The minimum atomic E-state index is -0.265. The number of rotatable bonds is 8. The van der Waals surface area contributed by atoms with Gasteiger partial charge in [0.2, 0.25) is 5.91 Å². The first-order valence-corrected chi connectivity index (χ1v) is 4.56. The Balaban J connectivity index is 3.27. The van der Waals surface area contributed by atoms with Gasteiger partial charge in [0.1, 0.15) is 6.29 Å². The SMILES string of the molecule is O=[C]CCCCCNC(=O)/C=C\C=O. The third kappa shape index (κ3) is 8.64. The average Bonchev–Trinajstić information content (AvgIpc) is 2.20. The number of amides is 1. The van der Waals surface area contributed by atoms with E-state index in [0.29, 0.717) is 19.3 Å². The zero-order chi connectivity index (χ0) is 10.6. The highest BCUT2D eigenvalue weighted by Gasteiger charge is 1.93. The molecule has 0 aromatic rings. The van der Waals surface area contributed by atoms with E-state index >= 15 is 0 Å². The lowest BCUT2D eigenvalue weighted by Crippen LogP contribution is -2.22. The van der Waals surface area contributed by atoms with Gasteiger partial charge in [0.25, 0.3) is 0 Å². The number of carbonyl (C=O) groups excluding carboxylic acids is 3. The summed E-state index contributed by atoms with van der Waals surface area (Å²) in [5, 5.41) is 2.61. The molecule has 0 aliphatic carbocycles. The minimum Gasteiger partial charge on any atom is -0.353 e. The van der Waals surface area contributed by atoms with Crippen LogP contribution in [0.4, 0.5) is 0 Å². The molecule has 0 rings (SSSR count). The van der Waals surface area contributed by atoms with Gasteiger partial charge in [0.15, 0.2) is 6.29 Å². The van der Waals surface area contributed by atoms with E-state index in [1.54, 1.807) is 0 Å². The van der Waals surface area contributed by atoms with E-state index in [1.807, 2.05) is 6.29 Å². The fourth-order valence-electron chi connectivity index (χ4n) is 0.896. The minimum absolute atomic E-state index is 0.265. The van der Waals surface area contributed by atoms with Crippen molar-refractivity contribution < 1.29 is 14.4 Å². The lowest BCUT2D eigenvalue weighted by molar-refractivity contribution is -0.116. The molecule has 14 heavy (non-hydrogen) atoms. The van der Waals surface area contributed by atoms with Crippen molar-refractivity contribution in [3.8, 4) is 0 Å². The molecule has 0 aliphatic rings. The summed E-state index contributed by atoms with van der Waals surface area (Å²) in [5.74, 6) is -0.265. The van der Waals surface area contributed by atoms with Crippen molar-refractivity contribution in [3.05, 3.63) is 12.2 Å². The Morgan fingerprint density at radius 1 is 1.29 bits per heavy atom. The van der Waals surface area contributed by atoms with Gasteiger partial charge in [-0.15, -0.1) is 0 Å². The lowest BCUT2D eigenvalue weighted by Gasteiger charge is -2.00. The molecule has 0 saturated heterocycles. The zero-order valence-corrected chi connectivity index (χ0v) is 7.99. The van der Waals surface area contributed by atoms with Crippen LogP contribution in [0.15, 0.2) is 12.2 Å².